The smallest absolute Gasteiger partial charge is 0.448 e. The molecule has 2 aliphatic rings. The van der Waals surface area contributed by atoms with Crippen LogP contribution in [0, 0.1) is 0 Å². The van der Waals surface area contributed by atoms with E-state index in [9.17, 15) is 38.4 Å². The lowest BCUT2D eigenvalue weighted by atomic mass is 10.1. The molecule has 188 valence electrons. The number of carbonyl (C=O) groups excluding carboxylic acids is 8. The van der Waals surface area contributed by atoms with E-state index < -0.39 is 66.0 Å². The maximum absolute atomic E-state index is 12.1. The SMILES string of the molecule is CCC(OC(=O)COC(=O)OC(C)(C)C(=O)ON1C(=O)CCC1=O)C(=O)ON1C(=O)CCC1=O.[HH]. The Labute approximate surface area is 193 Å². The molecule has 0 aromatic heterocycles. The van der Waals surface area contributed by atoms with Crippen LogP contribution >= 0.6 is 0 Å². The van der Waals surface area contributed by atoms with Crippen molar-refractivity contribution in [2.75, 3.05) is 6.61 Å². The van der Waals surface area contributed by atoms with Crippen molar-refractivity contribution in [2.45, 2.75) is 64.6 Å². The van der Waals surface area contributed by atoms with Gasteiger partial charge in [0.2, 0.25) is 11.7 Å². The van der Waals surface area contributed by atoms with E-state index in [1.54, 1.807) is 0 Å². The monoisotopic (exact) mass is 488 g/mol. The third kappa shape index (κ3) is 6.49. The van der Waals surface area contributed by atoms with Crippen molar-refractivity contribution in [3.8, 4) is 0 Å². The van der Waals surface area contributed by atoms with Crippen LogP contribution in [0.5, 0.6) is 0 Å². The first kappa shape index (κ1) is 26.2. The molecule has 4 amide bonds. The Morgan fingerprint density at radius 3 is 1.82 bits per heavy atom. The highest BCUT2D eigenvalue weighted by molar-refractivity contribution is 6.02. The van der Waals surface area contributed by atoms with Crippen LogP contribution in [0.15, 0.2) is 0 Å². The van der Waals surface area contributed by atoms with Gasteiger partial charge in [0.05, 0.1) is 0 Å². The molecule has 2 heterocycles. The Balaban J connectivity index is 0.00000612. The van der Waals surface area contributed by atoms with Gasteiger partial charge >= 0.3 is 24.1 Å². The molecule has 0 aromatic rings. The molecular formula is C19H24N2O13. The van der Waals surface area contributed by atoms with Crippen LogP contribution in [0.4, 0.5) is 4.79 Å². The summed E-state index contributed by atoms with van der Waals surface area (Å²) < 4.78 is 14.1. The van der Waals surface area contributed by atoms with Crippen molar-refractivity contribution >= 4 is 47.7 Å². The standard InChI is InChI=1S/C19H22N2O13.H2/c1-4-10(16(27)33-20-11(22)5-6-12(20)23)31-15(26)9-30-18(29)32-19(2,3)17(28)34-21-13(24)7-8-14(21)25;/h10H,4-9H2,1-3H3;1H. The number of rotatable bonds is 9. The summed E-state index contributed by atoms with van der Waals surface area (Å²) in [6.45, 7) is 2.60. The van der Waals surface area contributed by atoms with Crippen molar-refractivity contribution in [3.63, 3.8) is 0 Å². The molecule has 1 unspecified atom stereocenters. The lowest BCUT2D eigenvalue weighted by molar-refractivity contribution is -0.209. The Morgan fingerprint density at radius 1 is 0.882 bits per heavy atom. The largest absolute Gasteiger partial charge is 0.509 e. The van der Waals surface area contributed by atoms with Gasteiger partial charge in [-0.1, -0.05) is 6.92 Å². The van der Waals surface area contributed by atoms with E-state index in [0.717, 1.165) is 13.8 Å². The van der Waals surface area contributed by atoms with Gasteiger partial charge in [0.1, 0.15) is 0 Å². The van der Waals surface area contributed by atoms with Gasteiger partial charge in [-0.2, -0.15) is 0 Å². The summed E-state index contributed by atoms with van der Waals surface area (Å²) in [7, 11) is 0. The van der Waals surface area contributed by atoms with Crippen molar-refractivity contribution in [3.05, 3.63) is 0 Å². The van der Waals surface area contributed by atoms with E-state index in [-0.39, 0.29) is 43.7 Å². The number of esters is 1. The predicted molar refractivity (Wildman–Crippen MR) is 103 cm³/mol. The second-order valence-electron chi connectivity index (χ2n) is 7.49. The molecule has 34 heavy (non-hydrogen) atoms. The number of hydrogen-bond donors (Lipinski definition) is 0. The molecule has 0 spiro atoms. The molecule has 15 nitrogen and oxygen atoms in total. The molecular weight excluding hydrogens is 464 g/mol. The molecule has 0 saturated carbocycles. The van der Waals surface area contributed by atoms with Gasteiger partial charge in [0, 0.05) is 27.1 Å². The van der Waals surface area contributed by atoms with Crippen LogP contribution in [-0.4, -0.2) is 76.1 Å². The van der Waals surface area contributed by atoms with Gasteiger partial charge in [-0.3, -0.25) is 19.2 Å². The summed E-state index contributed by atoms with van der Waals surface area (Å²) in [4.78, 5) is 103. The van der Waals surface area contributed by atoms with Gasteiger partial charge in [0.15, 0.2) is 6.61 Å². The average molecular weight is 488 g/mol. The lowest BCUT2D eigenvalue weighted by Gasteiger charge is -2.24. The molecule has 0 N–H and O–H groups in total. The topological polar surface area (TPSA) is 189 Å². The van der Waals surface area contributed by atoms with E-state index in [1.807, 2.05) is 0 Å². The molecule has 0 bridgehead atoms. The summed E-state index contributed by atoms with van der Waals surface area (Å²) in [6.07, 6.45) is -3.58. The second-order valence-corrected chi connectivity index (χ2v) is 7.49. The number of amides is 4. The minimum atomic E-state index is -2.01. The van der Waals surface area contributed by atoms with E-state index in [1.165, 1.54) is 6.92 Å². The Bertz CT molecular complexity index is 900. The maximum Gasteiger partial charge on any atom is 0.509 e. The minimum Gasteiger partial charge on any atom is -0.448 e. The molecule has 0 aliphatic carbocycles. The van der Waals surface area contributed by atoms with Gasteiger partial charge in [0.25, 0.3) is 23.6 Å². The Morgan fingerprint density at radius 2 is 1.35 bits per heavy atom. The fourth-order valence-corrected chi connectivity index (χ4v) is 2.55. The van der Waals surface area contributed by atoms with Crippen molar-refractivity contribution in [1.82, 2.24) is 10.1 Å². The van der Waals surface area contributed by atoms with Crippen LogP contribution in [0.25, 0.3) is 0 Å². The molecule has 2 fully saturated rings. The number of nitrogens with zero attached hydrogens (tertiary/aromatic N) is 2. The van der Waals surface area contributed by atoms with Crippen LogP contribution < -0.4 is 0 Å². The number of ether oxygens (including phenoxy) is 3. The van der Waals surface area contributed by atoms with Gasteiger partial charge in [-0.15, -0.1) is 10.1 Å². The minimum absolute atomic E-state index is 0. The number of hydroxylamine groups is 4. The number of hydrogen-bond acceptors (Lipinski definition) is 13. The van der Waals surface area contributed by atoms with Crippen LogP contribution in [-0.2, 0) is 57.4 Å². The molecule has 2 aliphatic heterocycles. The maximum atomic E-state index is 12.1. The molecule has 2 rings (SSSR count). The van der Waals surface area contributed by atoms with Crippen molar-refractivity contribution in [2.24, 2.45) is 0 Å². The predicted octanol–water partition coefficient (Wildman–Crippen LogP) is -0.300. The van der Waals surface area contributed by atoms with Gasteiger partial charge in [-0.05, 0) is 20.3 Å². The summed E-state index contributed by atoms with van der Waals surface area (Å²) in [5.41, 5.74) is -2.01. The summed E-state index contributed by atoms with van der Waals surface area (Å²) in [5.74, 6) is -6.54. The zero-order valence-electron chi connectivity index (χ0n) is 18.5. The third-order valence-corrected chi connectivity index (χ3v) is 4.41. The summed E-state index contributed by atoms with van der Waals surface area (Å²) >= 11 is 0. The number of imide groups is 2. The van der Waals surface area contributed by atoms with Gasteiger partial charge < -0.3 is 23.9 Å². The van der Waals surface area contributed by atoms with Crippen LogP contribution in [0.3, 0.4) is 0 Å². The normalized spacial score (nSPS) is 16.9. The van der Waals surface area contributed by atoms with Crippen LogP contribution in [0.1, 0.15) is 54.3 Å². The van der Waals surface area contributed by atoms with E-state index in [0.29, 0.717) is 0 Å². The average Bonchev–Trinajstić information content (AvgIpc) is 3.25. The molecule has 1 atom stereocenters. The van der Waals surface area contributed by atoms with E-state index in [2.05, 4.69) is 14.4 Å². The Hall–Kier alpha value is -4.04. The summed E-state index contributed by atoms with van der Waals surface area (Å²) in [6, 6.07) is 0. The zero-order valence-corrected chi connectivity index (χ0v) is 18.5. The first-order valence-corrected chi connectivity index (χ1v) is 10.1. The fraction of sp³-hybridized carbons (Fsp3) is 0.579. The quantitative estimate of drug-likeness (QED) is 0.304. The van der Waals surface area contributed by atoms with Gasteiger partial charge in [-0.25, -0.2) is 19.2 Å². The summed E-state index contributed by atoms with van der Waals surface area (Å²) in [5, 5.41) is 0.556. The fourth-order valence-electron chi connectivity index (χ4n) is 2.55. The molecule has 15 heteroatoms. The second kappa shape index (κ2) is 10.7. The Kier molecular flexibility index (Phi) is 8.26. The van der Waals surface area contributed by atoms with E-state index >= 15 is 0 Å². The molecule has 0 radical (unpaired) electrons. The van der Waals surface area contributed by atoms with Crippen LogP contribution in [0.2, 0.25) is 0 Å². The highest BCUT2D eigenvalue weighted by atomic mass is 16.8. The first-order valence-electron chi connectivity index (χ1n) is 10.1. The third-order valence-electron chi connectivity index (χ3n) is 4.41. The van der Waals surface area contributed by atoms with E-state index in [4.69, 9.17) is 9.47 Å². The highest BCUT2D eigenvalue weighted by Gasteiger charge is 2.41. The molecule has 2 saturated heterocycles. The highest BCUT2D eigenvalue weighted by Crippen LogP contribution is 2.18. The number of carbonyl (C=O) groups is 8. The zero-order chi connectivity index (χ0) is 25.6. The lowest BCUT2D eigenvalue weighted by Crippen LogP contribution is -2.44. The van der Waals surface area contributed by atoms with Crippen molar-refractivity contribution < 1.29 is 63.7 Å². The first-order chi connectivity index (χ1) is 15.9. The van der Waals surface area contributed by atoms with Crippen molar-refractivity contribution in [1.29, 1.82) is 0 Å². The molecule has 0 aromatic carbocycles.